The SMILES string of the molecule is Cc1nc2c(F)cc(-c3nc(Nc4ccc5c(n4)CCN[C@@H]5C)ncc3F)cc2n1C(C)C. The summed E-state index contributed by atoms with van der Waals surface area (Å²) in [5.41, 5.74) is 3.37. The first kappa shape index (κ1) is 21.4. The topological polar surface area (TPSA) is 80.6 Å². The third kappa shape index (κ3) is 3.82. The van der Waals surface area contributed by atoms with Gasteiger partial charge in [-0.3, -0.25) is 0 Å². The van der Waals surface area contributed by atoms with Crippen molar-refractivity contribution in [3.63, 3.8) is 0 Å². The molecule has 9 heteroatoms. The number of aryl methyl sites for hydroxylation is 1. The van der Waals surface area contributed by atoms with Crippen molar-refractivity contribution in [2.45, 2.75) is 46.2 Å². The molecule has 1 aliphatic heterocycles. The van der Waals surface area contributed by atoms with Gasteiger partial charge in [-0.25, -0.2) is 28.7 Å². The van der Waals surface area contributed by atoms with Crippen LogP contribution < -0.4 is 10.6 Å². The van der Waals surface area contributed by atoms with Crippen LogP contribution in [0.2, 0.25) is 0 Å². The van der Waals surface area contributed by atoms with Gasteiger partial charge >= 0.3 is 0 Å². The minimum atomic E-state index is -0.634. The highest BCUT2D eigenvalue weighted by atomic mass is 19.1. The molecule has 0 spiro atoms. The quantitative estimate of drug-likeness (QED) is 0.456. The van der Waals surface area contributed by atoms with Gasteiger partial charge < -0.3 is 15.2 Å². The fourth-order valence-electron chi connectivity index (χ4n) is 4.50. The fourth-order valence-corrected chi connectivity index (χ4v) is 4.50. The standard InChI is InChI=1S/C24H25F2N7/c1-12(2)33-14(4)29-23-17(25)9-15(10-20(23)33)22-18(26)11-28-24(32-22)31-21-6-5-16-13(3)27-8-7-19(16)30-21/h5-6,9-13,27H,7-8H2,1-4H3,(H,28,30,31,32)/t13-/m1/s1. The van der Waals surface area contributed by atoms with Crippen LogP contribution in [0.15, 0.2) is 30.5 Å². The smallest absolute Gasteiger partial charge is 0.229 e. The minimum Gasteiger partial charge on any atom is -0.326 e. The van der Waals surface area contributed by atoms with Crippen LogP contribution in [0, 0.1) is 18.6 Å². The van der Waals surface area contributed by atoms with Crippen molar-refractivity contribution >= 4 is 22.8 Å². The Morgan fingerprint density at radius 1 is 1.12 bits per heavy atom. The second-order valence-electron chi connectivity index (χ2n) is 8.62. The van der Waals surface area contributed by atoms with Gasteiger partial charge in [-0.1, -0.05) is 6.07 Å². The molecule has 1 atom stereocenters. The number of hydrogen-bond acceptors (Lipinski definition) is 6. The Morgan fingerprint density at radius 2 is 1.94 bits per heavy atom. The van der Waals surface area contributed by atoms with Crippen LogP contribution in [0.1, 0.15) is 49.9 Å². The number of aromatic nitrogens is 5. The summed E-state index contributed by atoms with van der Waals surface area (Å²) >= 11 is 0. The van der Waals surface area contributed by atoms with Crippen LogP contribution in [0.3, 0.4) is 0 Å². The molecule has 1 aliphatic rings. The maximum atomic E-state index is 14.9. The molecule has 0 fully saturated rings. The number of rotatable bonds is 4. The van der Waals surface area contributed by atoms with Gasteiger partial charge in [0, 0.05) is 36.3 Å². The van der Waals surface area contributed by atoms with Crippen molar-refractivity contribution in [3.05, 3.63) is 59.2 Å². The number of halogens is 2. The Morgan fingerprint density at radius 3 is 2.73 bits per heavy atom. The van der Waals surface area contributed by atoms with Crippen molar-refractivity contribution in [1.29, 1.82) is 0 Å². The Balaban J connectivity index is 1.53. The first-order valence-corrected chi connectivity index (χ1v) is 11.0. The van der Waals surface area contributed by atoms with Crippen LogP contribution in [0.5, 0.6) is 0 Å². The van der Waals surface area contributed by atoms with Crippen LogP contribution in [0.25, 0.3) is 22.3 Å². The first-order valence-electron chi connectivity index (χ1n) is 11.0. The van der Waals surface area contributed by atoms with E-state index in [1.54, 1.807) is 6.07 Å². The highest BCUT2D eigenvalue weighted by molar-refractivity contribution is 5.83. The molecule has 170 valence electrons. The molecule has 0 amide bonds. The second kappa shape index (κ2) is 8.15. The first-order chi connectivity index (χ1) is 15.8. The van der Waals surface area contributed by atoms with Crippen molar-refractivity contribution in [2.75, 3.05) is 11.9 Å². The molecule has 2 N–H and O–H groups in total. The summed E-state index contributed by atoms with van der Waals surface area (Å²) in [6, 6.07) is 7.18. The summed E-state index contributed by atoms with van der Waals surface area (Å²) in [5, 5.41) is 6.47. The zero-order valence-corrected chi connectivity index (χ0v) is 18.9. The normalized spacial score (nSPS) is 15.8. The number of nitrogens with zero attached hydrogens (tertiary/aromatic N) is 5. The molecule has 5 rings (SSSR count). The molecule has 0 aliphatic carbocycles. The lowest BCUT2D eigenvalue weighted by Crippen LogP contribution is -2.28. The number of nitrogens with one attached hydrogen (secondary N) is 2. The lowest BCUT2D eigenvalue weighted by atomic mass is 10.0. The van der Waals surface area contributed by atoms with Gasteiger partial charge in [-0.15, -0.1) is 0 Å². The number of fused-ring (bicyclic) bond motifs is 2. The maximum absolute atomic E-state index is 14.9. The second-order valence-corrected chi connectivity index (χ2v) is 8.62. The van der Waals surface area contributed by atoms with E-state index >= 15 is 0 Å². The van der Waals surface area contributed by atoms with Crippen molar-refractivity contribution in [3.8, 4) is 11.3 Å². The average Bonchev–Trinajstić information content (AvgIpc) is 3.12. The van der Waals surface area contributed by atoms with E-state index in [4.69, 9.17) is 0 Å². The summed E-state index contributed by atoms with van der Waals surface area (Å²) in [4.78, 5) is 17.4. The number of benzene rings is 1. The van der Waals surface area contributed by atoms with Gasteiger partial charge in [-0.05, 0) is 51.5 Å². The number of imidazole rings is 1. The van der Waals surface area contributed by atoms with E-state index in [2.05, 4.69) is 37.5 Å². The number of anilines is 2. The molecule has 0 unspecified atom stereocenters. The number of pyridine rings is 1. The molecular weight excluding hydrogens is 424 g/mol. The van der Waals surface area contributed by atoms with Gasteiger partial charge in [0.2, 0.25) is 5.95 Å². The minimum absolute atomic E-state index is 0.0123. The summed E-state index contributed by atoms with van der Waals surface area (Å²) < 4.78 is 31.5. The fraction of sp³-hybridized carbons (Fsp3) is 0.333. The highest BCUT2D eigenvalue weighted by Gasteiger charge is 2.20. The molecule has 0 saturated carbocycles. The Labute approximate surface area is 190 Å². The zero-order chi connectivity index (χ0) is 23.3. The van der Waals surface area contributed by atoms with Crippen molar-refractivity contribution in [2.24, 2.45) is 0 Å². The zero-order valence-electron chi connectivity index (χ0n) is 18.9. The van der Waals surface area contributed by atoms with Crippen LogP contribution in [0.4, 0.5) is 20.5 Å². The maximum Gasteiger partial charge on any atom is 0.229 e. The lowest BCUT2D eigenvalue weighted by Gasteiger charge is -2.23. The molecule has 4 heterocycles. The molecule has 0 bridgehead atoms. The van der Waals surface area contributed by atoms with Gasteiger partial charge in [0.25, 0.3) is 0 Å². The molecule has 0 radical (unpaired) electrons. The van der Waals surface area contributed by atoms with E-state index in [1.807, 2.05) is 37.5 Å². The highest BCUT2D eigenvalue weighted by Crippen LogP contribution is 2.30. The molecule has 0 saturated heterocycles. The third-order valence-electron chi connectivity index (χ3n) is 5.99. The van der Waals surface area contributed by atoms with Crippen molar-refractivity contribution in [1.82, 2.24) is 29.8 Å². The number of hydrogen-bond donors (Lipinski definition) is 2. The molecule has 1 aromatic carbocycles. The Kier molecular flexibility index (Phi) is 5.28. The molecular formula is C24H25F2N7. The van der Waals surface area contributed by atoms with E-state index in [1.165, 1.54) is 6.07 Å². The molecule has 3 aromatic heterocycles. The summed E-state index contributed by atoms with van der Waals surface area (Å²) in [7, 11) is 0. The van der Waals surface area contributed by atoms with Gasteiger partial charge in [0.15, 0.2) is 11.6 Å². The van der Waals surface area contributed by atoms with Crippen LogP contribution in [-0.2, 0) is 6.42 Å². The van der Waals surface area contributed by atoms with E-state index in [-0.39, 0.29) is 29.2 Å². The molecule has 33 heavy (non-hydrogen) atoms. The largest absolute Gasteiger partial charge is 0.326 e. The van der Waals surface area contributed by atoms with Crippen molar-refractivity contribution < 1.29 is 8.78 Å². The molecule has 4 aromatic rings. The van der Waals surface area contributed by atoms with Crippen LogP contribution in [-0.4, -0.2) is 31.0 Å². The van der Waals surface area contributed by atoms with E-state index in [9.17, 15) is 8.78 Å². The van der Waals surface area contributed by atoms with E-state index in [0.717, 1.165) is 30.4 Å². The Bertz CT molecular complexity index is 1360. The predicted octanol–water partition coefficient (Wildman–Crippen LogP) is 5.01. The lowest BCUT2D eigenvalue weighted by molar-refractivity contribution is 0.533. The van der Waals surface area contributed by atoms with Gasteiger partial charge in [0.1, 0.15) is 22.9 Å². The summed E-state index contributed by atoms with van der Waals surface area (Å²) in [5.74, 6) is 0.316. The summed E-state index contributed by atoms with van der Waals surface area (Å²) in [6.07, 6.45) is 1.91. The molecule has 7 nitrogen and oxygen atoms in total. The van der Waals surface area contributed by atoms with Crippen LogP contribution >= 0.6 is 0 Å². The van der Waals surface area contributed by atoms with Gasteiger partial charge in [0.05, 0.1) is 11.7 Å². The van der Waals surface area contributed by atoms with Gasteiger partial charge in [-0.2, -0.15) is 0 Å². The van der Waals surface area contributed by atoms with E-state index in [0.29, 0.717) is 22.7 Å². The monoisotopic (exact) mass is 449 g/mol. The van der Waals surface area contributed by atoms with E-state index < -0.39 is 11.6 Å². The predicted molar refractivity (Wildman–Crippen MR) is 123 cm³/mol. The average molecular weight is 450 g/mol. The summed E-state index contributed by atoms with van der Waals surface area (Å²) in [6.45, 7) is 8.78. The third-order valence-corrected chi connectivity index (χ3v) is 5.99. The Hall–Kier alpha value is -3.46.